The van der Waals surface area contributed by atoms with Gasteiger partial charge in [-0.15, -0.1) is 0 Å². The second-order valence-corrected chi connectivity index (χ2v) is 4.69. The van der Waals surface area contributed by atoms with Crippen molar-refractivity contribution >= 4 is 0 Å². The zero-order valence-electron chi connectivity index (χ0n) is 9.96. The van der Waals surface area contributed by atoms with Gasteiger partial charge in [0.15, 0.2) is 0 Å². The summed E-state index contributed by atoms with van der Waals surface area (Å²) >= 11 is 0. The van der Waals surface area contributed by atoms with Gasteiger partial charge in [0, 0.05) is 31.7 Å². The van der Waals surface area contributed by atoms with Crippen LogP contribution in [0.5, 0.6) is 0 Å². The van der Waals surface area contributed by atoms with Gasteiger partial charge in [-0.3, -0.25) is 4.90 Å². The average molecular weight is 239 g/mol. The van der Waals surface area contributed by atoms with Gasteiger partial charge < -0.3 is 10.6 Å². The molecule has 0 amide bonds. The number of piperazine rings is 1. The van der Waals surface area contributed by atoms with Crippen LogP contribution in [0, 0.1) is 0 Å². The third kappa shape index (κ3) is 3.09. The third-order valence-corrected chi connectivity index (χ3v) is 3.07. The van der Waals surface area contributed by atoms with Gasteiger partial charge in [-0.05, 0) is 20.9 Å². The van der Waals surface area contributed by atoms with E-state index in [4.69, 9.17) is 5.73 Å². The van der Waals surface area contributed by atoms with E-state index in [0.29, 0.717) is 19.6 Å². The van der Waals surface area contributed by atoms with Gasteiger partial charge in [0.1, 0.15) is 6.04 Å². The zero-order chi connectivity index (χ0) is 12.5. The fourth-order valence-electron chi connectivity index (χ4n) is 2.36. The summed E-state index contributed by atoms with van der Waals surface area (Å²) in [6.07, 6.45) is -4.25. The van der Waals surface area contributed by atoms with Crippen LogP contribution in [0.1, 0.15) is 13.8 Å². The Hall–Kier alpha value is -0.330. The molecule has 3 atom stereocenters. The Morgan fingerprint density at radius 2 is 1.88 bits per heavy atom. The van der Waals surface area contributed by atoms with Crippen molar-refractivity contribution in [2.24, 2.45) is 5.73 Å². The molecule has 1 rings (SSSR count). The topological polar surface area (TPSA) is 32.5 Å². The maximum absolute atomic E-state index is 12.9. The van der Waals surface area contributed by atoms with Crippen molar-refractivity contribution in [2.45, 2.75) is 38.1 Å². The Balaban J connectivity index is 2.79. The second kappa shape index (κ2) is 4.89. The molecule has 0 aromatic carbocycles. The highest BCUT2D eigenvalue weighted by Gasteiger charge is 2.47. The molecule has 1 aliphatic rings. The van der Waals surface area contributed by atoms with Crippen LogP contribution < -0.4 is 5.73 Å². The summed E-state index contributed by atoms with van der Waals surface area (Å²) in [7, 11) is 1.92. The predicted octanol–water partition coefficient (Wildman–Crippen LogP) is 0.900. The fraction of sp³-hybridized carbons (Fsp3) is 1.00. The van der Waals surface area contributed by atoms with Crippen molar-refractivity contribution in [1.82, 2.24) is 9.80 Å². The van der Waals surface area contributed by atoms with Gasteiger partial charge in [0.25, 0.3) is 0 Å². The van der Waals surface area contributed by atoms with Crippen LogP contribution in [0.15, 0.2) is 0 Å². The molecule has 0 aromatic rings. The van der Waals surface area contributed by atoms with E-state index in [1.807, 2.05) is 18.9 Å². The molecule has 3 nitrogen and oxygen atoms in total. The molecule has 0 bridgehead atoms. The number of likely N-dealkylation sites (N-methyl/N-ethyl adjacent to an activating group) is 1. The van der Waals surface area contributed by atoms with E-state index >= 15 is 0 Å². The summed E-state index contributed by atoms with van der Waals surface area (Å²) in [6, 6.07) is -2.54. The summed E-state index contributed by atoms with van der Waals surface area (Å²) in [5.41, 5.74) is 5.48. The molecule has 0 spiro atoms. The molecule has 0 aliphatic carbocycles. The zero-order valence-corrected chi connectivity index (χ0v) is 9.96. The molecule has 1 fully saturated rings. The standard InChI is InChI=1S/C10H20F3N3/c1-7-6-15(3)4-5-16(7)9(8(2)14)10(11,12)13/h7-9H,4-6,14H2,1-3H3. The Bertz CT molecular complexity index is 230. The minimum Gasteiger partial charge on any atom is -0.326 e. The normalized spacial score (nSPS) is 29.1. The number of hydrogen-bond donors (Lipinski definition) is 1. The highest BCUT2D eigenvalue weighted by Crippen LogP contribution is 2.29. The van der Waals surface area contributed by atoms with E-state index in [1.165, 1.54) is 11.8 Å². The minimum absolute atomic E-state index is 0.114. The first-order chi connectivity index (χ1) is 7.23. The first-order valence-corrected chi connectivity index (χ1v) is 5.50. The molecular weight excluding hydrogens is 219 g/mol. The maximum Gasteiger partial charge on any atom is 0.405 e. The molecule has 0 aromatic heterocycles. The smallest absolute Gasteiger partial charge is 0.326 e. The van der Waals surface area contributed by atoms with Crippen molar-refractivity contribution in [3.63, 3.8) is 0 Å². The Labute approximate surface area is 94.4 Å². The number of rotatable bonds is 2. The first-order valence-electron chi connectivity index (χ1n) is 5.50. The SMILES string of the molecule is CC(N)C(N1CCN(C)CC1C)C(F)(F)F. The molecule has 2 N–H and O–H groups in total. The highest BCUT2D eigenvalue weighted by atomic mass is 19.4. The van der Waals surface area contributed by atoms with Gasteiger partial charge in [0.2, 0.25) is 0 Å². The number of hydrogen-bond acceptors (Lipinski definition) is 3. The summed E-state index contributed by atoms with van der Waals surface area (Å²) in [5.74, 6) is 0. The lowest BCUT2D eigenvalue weighted by Crippen LogP contribution is -2.63. The second-order valence-electron chi connectivity index (χ2n) is 4.69. The van der Waals surface area contributed by atoms with E-state index < -0.39 is 18.3 Å². The molecule has 1 aliphatic heterocycles. The van der Waals surface area contributed by atoms with Crippen LogP contribution >= 0.6 is 0 Å². The van der Waals surface area contributed by atoms with Crippen LogP contribution in [0.4, 0.5) is 13.2 Å². The van der Waals surface area contributed by atoms with E-state index in [2.05, 4.69) is 0 Å². The molecule has 96 valence electrons. The lowest BCUT2D eigenvalue weighted by Gasteiger charge is -2.44. The van der Waals surface area contributed by atoms with Crippen molar-refractivity contribution < 1.29 is 13.2 Å². The Morgan fingerprint density at radius 3 is 2.25 bits per heavy atom. The van der Waals surface area contributed by atoms with Crippen LogP contribution in [-0.2, 0) is 0 Å². The molecule has 6 heteroatoms. The van der Waals surface area contributed by atoms with Gasteiger partial charge in [-0.25, -0.2) is 0 Å². The fourth-order valence-corrected chi connectivity index (χ4v) is 2.36. The van der Waals surface area contributed by atoms with E-state index in [1.54, 1.807) is 0 Å². The third-order valence-electron chi connectivity index (χ3n) is 3.07. The predicted molar refractivity (Wildman–Crippen MR) is 57.2 cm³/mol. The van der Waals surface area contributed by atoms with Crippen LogP contribution in [0.25, 0.3) is 0 Å². The Morgan fingerprint density at radius 1 is 1.31 bits per heavy atom. The lowest BCUT2D eigenvalue weighted by atomic mass is 10.0. The quantitative estimate of drug-likeness (QED) is 0.777. The number of nitrogens with two attached hydrogens (primary N) is 1. The van der Waals surface area contributed by atoms with E-state index in [0.717, 1.165) is 0 Å². The van der Waals surface area contributed by atoms with E-state index in [9.17, 15) is 13.2 Å². The molecule has 0 saturated carbocycles. The Kier molecular flexibility index (Phi) is 4.20. The first kappa shape index (κ1) is 13.7. The summed E-state index contributed by atoms with van der Waals surface area (Å²) in [4.78, 5) is 3.51. The summed E-state index contributed by atoms with van der Waals surface area (Å²) in [6.45, 7) is 4.96. The number of halogens is 3. The van der Waals surface area contributed by atoms with Crippen molar-refractivity contribution in [3.8, 4) is 0 Å². The van der Waals surface area contributed by atoms with Gasteiger partial charge in [0.05, 0.1) is 0 Å². The van der Waals surface area contributed by atoms with Crippen LogP contribution in [0.3, 0.4) is 0 Å². The molecule has 16 heavy (non-hydrogen) atoms. The van der Waals surface area contributed by atoms with E-state index in [-0.39, 0.29) is 6.04 Å². The number of alkyl halides is 3. The van der Waals surface area contributed by atoms with Gasteiger partial charge >= 0.3 is 6.18 Å². The molecular formula is C10H20F3N3. The average Bonchev–Trinajstić information content (AvgIpc) is 2.06. The lowest BCUT2D eigenvalue weighted by molar-refractivity contribution is -0.198. The molecule has 1 heterocycles. The maximum atomic E-state index is 12.9. The van der Waals surface area contributed by atoms with Gasteiger partial charge in [-0.2, -0.15) is 13.2 Å². The van der Waals surface area contributed by atoms with Crippen LogP contribution in [-0.4, -0.2) is 60.8 Å². The largest absolute Gasteiger partial charge is 0.405 e. The molecule has 0 radical (unpaired) electrons. The monoisotopic (exact) mass is 239 g/mol. The van der Waals surface area contributed by atoms with Gasteiger partial charge in [-0.1, -0.05) is 0 Å². The summed E-state index contributed by atoms with van der Waals surface area (Å²) < 4.78 is 38.7. The molecule has 3 unspecified atom stereocenters. The van der Waals surface area contributed by atoms with Crippen molar-refractivity contribution in [1.29, 1.82) is 0 Å². The van der Waals surface area contributed by atoms with Crippen LogP contribution in [0.2, 0.25) is 0 Å². The highest BCUT2D eigenvalue weighted by molar-refractivity contribution is 4.91. The van der Waals surface area contributed by atoms with Crippen molar-refractivity contribution in [3.05, 3.63) is 0 Å². The molecule has 1 saturated heterocycles. The minimum atomic E-state index is -4.25. The summed E-state index contributed by atoms with van der Waals surface area (Å²) in [5, 5.41) is 0. The van der Waals surface area contributed by atoms with Crippen molar-refractivity contribution in [2.75, 3.05) is 26.7 Å². The number of nitrogens with zero attached hydrogens (tertiary/aromatic N) is 2.